The van der Waals surface area contributed by atoms with E-state index in [0.29, 0.717) is 37.0 Å². The van der Waals surface area contributed by atoms with Crippen LogP contribution in [0.3, 0.4) is 0 Å². The van der Waals surface area contributed by atoms with E-state index in [1.807, 2.05) is 0 Å². The van der Waals surface area contributed by atoms with Gasteiger partial charge in [-0.15, -0.1) is 0 Å². The number of carbonyl (C=O) groups is 2. The summed E-state index contributed by atoms with van der Waals surface area (Å²) in [6.07, 6.45) is 0.381. The molecule has 1 aromatic carbocycles. The van der Waals surface area contributed by atoms with Gasteiger partial charge in [0.05, 0.1) is 29.3 Å². The molecule has 2 N–H and O–H groups in total. The van der Waals surface area contributed by atoms with Gasteiger partial charge in [0.1, 0.15) is 0 Å². The Morgan fingerprint density at radius 2 is 2.00 bits per heavy atom. The number of rotatable bonds is 4. The van der Waals surface area contributed by atoms with Gasteiger partial charge in [-0.05, 0) is 18.6 Å². The SMILES string of the molecule is O=C(CCn1[nH]c(=O)c2ccccc2c1=O)N1C[C@H]2COCC[C@@]2(C(=O)O)C1. The third-order valence-electron chi connectivity index (χ3n) is 5.92. The molecule has 2 saturated heterocycles. The van der Waals surface area contributed by atoms with Crippen molar-refractivity contribution in [2.24, 2.45) is 11.3 Å². The van der Waals surface area contributed by atoms with Crippen molar-refractivity contribution in [1.82, 2.24) is 14.7 Å². The van der Waals surface area contributed by atoms with Gasteiger partial charge in [-0.1, -0.05) is 12.1 Å². The number of nitrogens with zero attached hydrogens (tertiary/aromatic N) is 2. The zero-order chi connectivity index (χ0) is 19.9. The predicted octanol–water partition coefficient (Wildman–Crippen LogP) is 0.0296. The maximum atomic E-state index is 12.7. The number of carboxylic acid groups (broad SMARTS) is 1. The van der Waals surface area contributed by atoms with Gasteiger partial charge in [0.25, 0.3) is 11.1 Å². The van der Waals surface area contributed by atoms with Crippen molar-refractivity contribution in [2.45, 2.75) is 19.4 Å². The Morgan fingerprint density at radius 1 is 1.25 bits per heavy atom. The monoisotopic (exact) mass is 387 g/mol. The number of fused-ring (bicyclic) bond motifs is 2. The van der Waals surface area contributed by atoms with Crippen LogP contribution in [-0.4, -0.2) is 58.0 Å². The number of carboxylic acids is 1. The number of nitrogens with one attached hydrogen (secondary N) is 1. The number of benzene rings is 1. The van der Waals surface area contributed by atoms with E-state index in [2.05, 4.69) is 5.10 Å². The van der Waals surface area contributed by atoms with Crippen LogP contribution in [0, 0.1) is 11.3 Å². The average Bonchev–Trinajstić information content (AvgIpc) is 3.11. The summed E-state index contributed by atoms with van der Waals surface area (Å²) in [4.78, 5) is 50.7. The summed E-state index contributed by atoms with van der Waals surface area (Å²) < 4.78 is 6.54. The molecule has 0 unspecified atom stereocenters. The summed E-state index contributed by atoms with van der Waals surface area (Å²) in [5, 5.41) is 12.8. The molecule has 0 bridgehead atoms. The first-order valence-corrected chi connectivity index (χ1v) is 9.23. The van der Waals surface area contributed by atoms with Crippen LogP contribution in [0.1, 0.15) is 12.8 Å². The van der Waals surface area contributed by atoms with Crippen LogP contribution in [0.25, 0.3) is 10.8 Å². The van der Waals surface area contributed by atoms with E-state index in [-0.39, 0.29) is 36.9 Å². The lowest BCUT2D eigenvalue weighted by molar-refractivity contribution is -0.157. The minimum Gasteiger partial charge on any atom is -0.481 e. The lowest BCUT2D eigenvalue weighted by Crippen LogP contribution is -2.45. The van der Waals surface area contributed by atoms with Crippen LogP contribution in [0.2, 0.25) is 0 Å². The normalized spacial score (nSPS) is 24.3. The van der Waals surface area contributed by atoms with Gasteiger partial charge in [0.2, 0.25) is 5.91 Å². The van der Waals surface area contributed by atoms with Gasteiger partial charge in [-0.3, -0.25) is 24.3 Å². The molecule has 2 aliphatic heterocycles. The number of H-pyrrole nitrogens is 1. The van der Waals surface area contributed by atoms with Crippen LogP contribution in [0.5, 0.6) is 0 Å². The molecular formula is C19H21N3O6. The van der Waals surface area contributed by atoms with Crippen LogP contribution < -0.4 is 11.1 Å². The van der Waals surface area contributed by atoms with Crippen LogP contribution in [-0.2, 0) is 20.9 Å². The van der Waals surface area contributed by atoms with E-state index in [1.54, 1.807) is 24.3 Å². The molecule has 1 aromatic heterocycles. The van der Waals surface area contributed by atoms with Crippen molar-refractivity contribution < 1.29 is 19.4 Å². The van der Waals surface area contributed by atoms with Gasteiger partial charge < -0.3 is 14.7 Å². The number of hydrogen-bond donors (Lipinski definition) is 2. The Bertz CT molecular complexity index is 1060. The number of carbonyl (C=O) groups excluding carboxylic acids is 1. The fourth-order valence-electron chi connectivity index (χ4n) is 4.26. The highest BCUT2D eigenvalue weighted by Gasteiger charge is 2.54. The minimum absolute atomic E-state index is 0.00252. The van der Waals surface area contributed by atoms with Crippen molar-refractivity contribution >= 4 is 22.6 Å². The number of amides is 1. The van der Waals surface area contributed by atoms with Gasteiger partial charge in [-0.25, -0.2) is 4.68 Å². The number of aromatic amines is 1. The lowest BCUT2D eigenvalue weighted by atomic mass is 9.74. The third-order valence-corrected chi connectivity index (χ3v) is 5.92. The van der Waals surface area contributed by atoms with Gasteiger partial charge >= 0.3 is 5.97 Å². The molecule has 4 rings (SSSR count). The Hall–Kier alpha value is -2.94. The lowest BCUT2D eigenvalue weighted by Gasteiger charge is -2.33. The largest absolute Gasteiger partial charge is 0.481 e. The molecule has 1 amide bonds. The average molecular weight is 387 g/mol. The highest BCUT2D eigenvalue weighted by Crippen LogP contribution is 2.42. The van der Waals surface area contributed by atoms with Crippen LogP contribution in [0.15, 0.2) is 33.9 Å². The molecule has 2 atom stereocenters. The highest BCUT2D eigenvalue weighted by atomic mass is 16.5. The van der Waals surface area contributed by atoms with Crippen molar-refractivity contribution in [3.8, 4) is 0 Å². The second kappa shape index (κ2) is 6.90. The molecule has 2 aromatic rings. The number of aromatic nitrogens is 2. The molecule has 28 heavy (non-hydrogen) atoms. The fourth-order valence-corrected chi connectivity index (χ4v) is 4.26. The Balaban J connectivity index is 1.51. The van der Waals surface area contributed by atoms with E-state index in [1.165, 1.54) is 4.90 Å². The van der Waals surface area contributed by atoms with E-state index < -0.39 is 16.9 Å². The molecule has 9 heteroatoms. The van der Waals surface area contributed by atoms with Crippen LogP contribution in [0.4, 0.5) is 0 Å². The Labute approximate surface area is 159 Å². The van der Waals surface area contributed by atoms with Crippen molar-refractivity contribution in [3.05, 3.63) is 45.0 Å². The summed E-state index contributed by atoms with van der Waals surface area (Å²) in [7, 11) is 0. The summed E-state index contributed by atoms with van der Waals surface area (Å²) in [5.41, 5.74) is -1.72. The number of aliphatic carboxylic acids is 1. The first kappa shape index (κ1) is 18.4. The van der Waals surface area contributed by atoms with E-state index in [0.717, 1.165) is 4.68 Å². The summed E-state index contributed by atoms with van der Waals surface area (Å²) in [6, 6.07) is 6.51. The topological polar surface area (TPSA) is 122 Å². The molecule has 2 fully saturated rings. The molecule has 0 saturated carbocycles. The molecular weight excluding hydrogens is 366 g/mol. The zero-order valence-electron chi connectivity index (χ0n) is 15.2. The van der Waals surface area contributed by atoms with Gasteiger partial charge in [-0.2, -0.15) is 0 Å². The van der Waals surface area contributed by atoms with Crippen molar-refractivity contribution in [2.75, 3.05) is 26.3 Å². The van der Waals surface area contributed by atoms with Gasteiger partial charge in [0.15, 0.2) is 0 Å². The number of ether oxygens (including phenoxy) is 1. The molecule has 2 aliphatic rings. The van der Waals surface area contributed by atoms with Gasteiger partial charge in [0, 0.05) is 32.0 Å². The predicted molar refractivity (Wildman–Crippen MR) is 99.0 cm³/mol. The fraction of sp³-hybridized carbons (Fsp3) is 0.474. The highest BCUT2D eigenvalue weighted by molar-refractivity contribution is 5.82. The smallest absolute Gasteiger partial charge is 0.311 e. The summed E-state index contributed by atoms with van der Waals surface area (Å²) >= 11 is 0. The minimum atomic E-state index is -0.956. The Kier molecular flexibility index (Phi) is 4.54. The molecule has 0 radical (unpaired) electrons. The maximum Gasteiger partial charge on any atom is 0.311 e. The zero-order valence-corrected chi connectivity index (χ0v) is 15.2. The van der Waals surface area contributed by atoms with Crippen molar-refractivity contribution in [3.63, 3.8) is 0 Å². The van der Waals surface area contributed by atoms with E-state index >= 15 is 0 Å². The standard InChI is InChI=1S/C19H21N3O6/c23-15(21-9-12-10-28-8-6-19(12,11-21)18(26)27)5-7-22-17(25)14-4-2-1-3-13(14)16(24)20-22/h1-4,12H,5-11H2,(H,20,24)(H,26,27)/t12-,19+/m0/s1. The summed E-state index contributed by atoms with van der Waals surface area (Å²) in [5.74, 6) is -1.37. The number of hydrogen-bond acceptors (Lipinski definition) is 5. The molecule has 0 spiro atoms. The Morgan fingerprint density at radius 3 is 2.71 bits per heavy atom. The van der Waals surface area contributed by atoms with E-state index in [4.69, 9.17) is 4.74 Å². The second-order valence-electron chi connectivity index (χ2n) is 7.45. The molecule has 148 valence electrons. The molecule has 3 heterocycles. The second-order valence-corrected chi connectivity index (χ2v) is 7.45. The third kappa shape index (κ3) is 2.91. The quantitative estimate of drug-likeness (QED) is 0.763. The molecule has 0 aliphatic carbocycles. The maximum absolute atomic E-state index is 12.7. The molecule has 9 nitrogen and oxygen atoms in total. The van der Waals surface area contributed by atoms with Crippen molar-refractivity contribution in [1.29, 1.82) is 0 Å². The summed E-state index contributed by atoms with van der Waals surface area (Å²) in [6.45, 7) is 1.20. The number of likely N-dealkylation sites (tertiary alicyclic amines) is 1. The van der Waals surface area contributed by atoms with E-state index in [9.17, 15) is 24.3 Å². The first-order valence-electron chi connectivity index (χ1n) is 9.23. The van der Waals surface area contributed by atoms with Crippen LogP contribution >= 0.6 is 0 Å². The first-order chi connectivity index (χ1) is 13.4. The number of aryl methyl sites for hydroxylation is 1.